The van der Waals surface area contributed by atoms with Crippen molar-refractivity contribution in [2.75, 3.05) is 20.3 Å². The number of hydrazone groups is 1. The predicted octanol–water partition coefficient (Wildman–Crippen LogP) is 0.351. The van der Waals surface area contributed by atoms with Crippen LogP contribution >= 0.6 is 11.3 Å². The van der Waals surface area contributed by atoms with E-state index >= 15 is 0 Å². The Labute approximate surface area is 109 Å². The summed E-state index contributed by atoms with van der Waals surface area (Å²) >= 11 is 1.51. The Hall–Kier alpha value is -1.73. The van der Waals surface area contributed by atoms with E-state index in [1.165, 1.54) is 24.7 Å². The van der Waals surface area contributed by atoms with Gasteiger partial charge in [0.2, 0.25) is 11.8 Å². The Kier molecular flexibility index (Phi) is 6.67. The van der Waals surface area contributed by atoms with Gasteiger partial charge in [0.05, 0.1) is 12.8 Å². The monoisotopic (exact) mass is 269 g/mol. The summed E-state index contributed by atoms with van der Waals surface area (Å²) in [5.41, 5.74) is 2.29. The second-order valence-electron chi connectivity index (χ2n) is 3.33. The number of rotatable bonds is 7. The Morgan fingerprint density at radius 1 is 1.50 bits per heavy atom. The first-order valence-corrected chi connectivity index (χ1v) is 6.21. The quantitative estimate of drug-likeness (QED) is 0.324. The largest absolute Gasteiger partial charge is 0.383 e. The number of carbonyl (C=O) groups is 2. The third kappa shape index (κ3) is 6.12. The number of amides is 2. The van der Waals surface area contributed by atoms with Gasteiger partial charge in [0.1, 0.15) is 6.42 Å². The lowest BCUT2D eigenvalue weighted by atomic mass is 10.4. The highest BCUT2D eigenvalue weighted by Crippen LogP contribution is 2.03. The second-order valence-corrected chi connectivity index (χ2v) is 4.31. The van der Waals surface area contributed by atoms with E-state index in [4.69, 9.17) is 4.74 Å². The average molecular weight is 269 g/mol. The number of methoxy groups -OCH3 is 1. The van der Waals surface area contributed by atoms with Crippen LogP contribution in [0, 0.1) is 0 Å². The van der Waals surface area contributed by atoms with Gasteiger partial charge < -0.3 is 10.1 Å². The smallest absolute Gasteiger partial charge is 0.249 e. The molecule has 0 saturated heterocycles. The Morgan fingerprint density at radius 2 is 2.33 bits per heavy atom. The zero-order valence-electron chi connectivity index (χ0n) is 10.0. The van der Waals surface area contributed by atoms with Crippen LogP contribution in [0.15, 0.2) is 22.6 Å². The summed E-state index contributed by atoms with van der Waals surface area (Å²) in [6.07, 6.45) is 1.29. The van der Waals surface area contributed by atoms with Gasteiger partial charge in [-0.3, -0.25) is 9.59 Å². The number of carbonyl (C=O) groups excluding carboxylic acids is 2. The zero-order valence-corrected chi connectivity index (χ0v) is 10.8. The van der Waals surface area contributed by atoms with Gasteiger partial charge in [-0.15, -0.1) is 11.3 Å². The fourth-order valence-corrected chi connectivity index (χ4v) is 1.66. The van der Waals surface area contributed by atoms with Crippen molar-refractivity contribution >= 4 is 29.4 Å². The maximum absolute atomic E-state index is 11.3. The summed E-state index contributed by atoms with van der Waals surface area (Å²) in [6.45, 7) is 0.810. The highest BCUT2D eigenvalue weighted by molar-refractivity contribution is 7.11. The lowest BCUT2D eigenvalue weighted by Gasteiger charge is -2.03. The lowest BCUT2D eigenvalue weighted by Crippen LogP contribution is -2.31. The summed E-state index contributed by atoms with van der Waals surface area (Å²) in [4.78, 5) is 23.5. The molecule has 0 bridgehead atoms. The molecule has 2 amide bonds. The van der Waals surface area contributed by atoms with E-state index in [-0.39, 0.29) is 12.3 Å². The highest BCUT2D eigenvalue weighted by atomic mass is 32.1. The van der Waals surface area contributed by atoms with Gasteiger partial charge in [0.15, 0.2) is 0 Å². The van der Waals surface area contributed by atoms with Crippen LogP contribution in [0.4, 0.5) is 0 Å². The van der Waals surface area contributed by atoms with Crippen molar-refractivity contribution in [2.45, 2.75) is 6.42 Å². The zero-order chi connectivity index (χ0) is 13.2. The molecule has 1 aromatic rings. The summed E-state index contributed by atoms with van der Waals surface area (Å²) in [5.74, 6) is -0.798. The molecular weight excluding hydrogens is 254 g/mol. The molecule has 6 nitrogen and oxygen atoms in total. The van der Waals surface area contributed by atoms with E-state index < -0.39 is 5.91 Å². The van der Waals surface area contributed by atoms with Crippen LogP contribution in [0.1, 0.15) is 11.3 Å². The van der Waals surface area contributed by atoms with Crippen LogP contribution in [0.2, 0.25) is 0 Å². The summed E-state index contributed by atoms with van der Waals surface area (Å²) < 4.78 is 4.77. The number of hydrogen-bond donors (Lipinski definition) is 2. The van der Waals surface area contributed by atoms with Gasteiger partial charge in [0.25, 0.3) is 0 Å². The Morgan fingerprint density at radius 3 is 3.00 bits per heavy atom. The van der Waals surface area contributed by atoms with E-state index in [2.05, 4.69) is 15.8 Å². The summed E-state index contributed by atoms with van der Waals surface area (Å²) in [5, 5.41) is 8.20. The molecule has 1 heterocycles. The molecule has 18 heavy (non-hydrogen) atoms. The average Bonchev–Trinajstić information content (AvgIpc) is 2.82. The molecule has 0 aliphatic heterocycles. The minimum Gasteiger partial charge on any atom is -0.383 e. The number of thiophene rings is 1. The van der Waals surface area contributed by atoms with Crippen LogP contribution in [0.25, 0.3) is 0 Å². The van der Waals surface area contributed by atoms with Crippen molar-refractivity contribution in [3.63, 3.8) is 0 Å². The van der Waals surface area contributed by atoms with Gasteiger partial charge in [-0.05, 0) is 11.4 Å². The van der Waals surface area contributed by atoms with Crippen molar-refractivity contribution in [1.82, 2.24) is 10.7 Å². The minimum atomic E-state index is -0.447. The Balaban J connectivity index is 2.19. The van der Waals surface area contributed by atoms with Gasteiger partial charge in [-0.2, -0.15) is 5.10 Å². The van der Waals surface area contributed by atoms with Crippen molar-refractivity contribution < 1.29 is 14.3 Å². The van der Waals surface area contributed by atoms with Crippen molar-refractivity contribution in [1.29, 1.82) is 0 Å². The molecular formula is C11H15N3O3S. The molecule has 0 fully saturated rings. The van der Waals surface area contributed by atoms with Crippen LogP contribution in [0.3, 0.4) is 0 Å². The molecule has 98 valence electrons. The maximum Gasteiger partial charge on any atom is 0.249 e. The standard InChI is InChI=1S/C11H15N3O3S/c1-17-5-4-12-10(15)7-11(16)14-13-8-9-3-2-6-18-9/h2-3,6,8H,4-5,7H2,1H3,(H,12,15)(H,14,16)/b13-8+. The topological polar surface area (TPSA) is 79.8 Å². The highest BCUT2D eigenvalue weighted by Gasteiger charge is 2.07. The third-order valence-electron chi connectivity index (χ3n) is 1.87. The molecule has 0 aliphatic carbocycles. The minimum absolute atomic E-state index is 0.245. The maximum atomic E-state index is 11.3. The van der Waals surface area contributed by atoms with E-state index in [9.17, 15) is 9.59 Å². The summed E-state index contributed by atoms with van der Waals surface area (Å²) in [7, 11) is 1.54. The molecule has 0 aliphatic rings. The Bertz CT molecular complexity index is 404. The number of nitrogens with zero attached hydrogens (tertiary/aromatic N) is 1. The van der Waals surface area contributed by atoms with E-state index in [0.29, 0.717) is 13.2 Å². The first kappa shape index (κ1) is 14.3. The molecule has 0 atom stereocenters. The van der Waals surface area contributed by atoms with Crippen molar-refractivity contribution in [2.24, 2.45) is 5.10 Å². The van der Waals surface area contributed by atoms with Crippen LogP contribution in [-0.2, 0) is 14.3 Å². The SMILES string of the molecule is COCCNC(=O)CC(=O)N/N=C/c1cccs1. The third-order valence-corrected chi connectivity index (χ3v) is 2.68. The molecule has 0 radical (unpaired) electrons. The number of nitrogens with one attached hydrogen (secondary N) is 2. The molecule has 1 aromatic heterocycles. The molecule has 0 unspecified atom stereocenters. The lowest BCUT2D eigenvalue weighted by molar-refractivity contribution is -0.129. The molecule has 0 aromatic carbocycles. The van der Waals surface area contributed by atoms with Gasteiger partial charge in [-0.25, -0.2) is 5.43 Å². The van der Waals surface area contributed by atoms with Gasteiger partial charge in [-0.1, -0.05) is 6.07 Å². The second kappa shape index (κ2) is 8.37. The summed E-state index contributed by atoms with van der Waals surface area (Å²) in [6, 6.07) is 3.76. The molecule has 7 heteroatoms. The normalized spacial score (nSPS) is 10.5. The fourth-order valence-electron chi connectivity index (χ4n) is 1.07. The van der Waals surface area contributed by atoms with Crippen molar-refractivity contribution in [3.05, 3.63) is 22.4 Å². The van der Waals surface area contributed by atoms with E-state index in [0.717, 1.165) is 4.88 Å². The first-order valence-electron chi connectivity index (χ1n) is 5.33. The number of ether oxygens (including phenoxy) is 1. The molecule has 1 rings (SSSR count). The first-order chi connectivity index (χ1) is 8.72. The van der Waals surface area contributed by atoms with Crippen molar-refractivity contribution in [3.8, 4) is 0 Å². The molecule has 0 spiro atoms. The predicted molar refractivity (Wildman–Crippen MR) is 69.6 cm³/mol. The number of hydrogen-bond acceptors (Lipinski definition) is 5. The van der Waals surface area contributed by atoms with Gasteiger partial charge >= 0.3 is 0 Å². The van der Waals surface area contributed by atoms with Crippen LogP contribution in [0.5, 0.6) is 0 Å². The van der Waals surface area contributed by atoms with E-state index in [1.54, 1.807) is 0 Å². The molecule has 2 N–H and O–H groups in total. The van der Waals surface area contributed by atoms with Crippen LogP contribution < -0.4 is 10.7 Å². The van der Waals surface area contributed by atoms with Gasteiger partial charge in [0, 0.05) is 18.5 Å². The van der Waals surface area contributed by atoms with Crippen LogP contribution in [-0.4, -0.2) is 38.3 Å². The fraction of sp³-hybridized carbons (Fsp3) is 0.364. The van der Waals surface area contributed by atoms with E-state index in [1.807, 2.05) is 17.5 Å². The molecule has 0 saturated carbocycles.